The first kappa shape index (κ1) is 23.5. The molecule has 0 spiro atoms. The van der Waals surface area contributed by atoms with E-state index in [9.17, 15) is 27.6 Å². The number of benzene rings is 1. The summed E-state index contributed by atoms with van der Waals surface area (Å²) in [6, 6.07) is 3.30. The Bertz CT molecular complexity index is 834. The summed E-state index contributed by atoms with van der Waals surface area (Å²) in [4.78, 5) is 41.6. The normalized spacial score (nSPS) is 15.8. The number of alkyl halides is 3. The first-order valence-electron chi connectivity index (χ1n) is 9.23. The molecule has 164 valence electrons. The Morgan fingerprint density at radius 1 is 1.17 bits per heavy atom. The van der Waals surface area contributed by atoms with Gasteiger partial charge in [-0.2, -0.15) is 13.2 Å². The zero-order valence-corrected chi connectivity index (χ0v) is 16.6. The number of halogens is 3. The van der Waals surface area contributed by atoms with Gasteiger partial charge in [-0.25, -0.2) is 0 Å². The highest BCUT2D eigenvalue weighted by atomic mass is 19.4. The molecule has 1 unspecified atom stereocenters. The van der Waals surface area contributed by atoms with Gasteiger partial charge < -0.3 is 14.2 Å². The van der Waals surface area contributed by atoms with Crippen LogP contribution in [0, 0.1) is 0 Å². The van der Waals surface area contributed by atoms with Crippen LogP contribution in [0.15, 0.2) is 23.2 Å². The molecule has 0 fully saturated rings. The van der Waals surface area contributed by atoms with Gasteiger partial charge in [0, 0.05) is 20.1 Å². The third-order valence-electron chi connectivity index (χ3n) is 4.48. The minimum absolute atomic E-state index is 0.0325. The number of methoxy groups -OCH3 is 2. The minimum Gasteiger partial charge on any atom is -0.491 e. The van der Waals surface area contributed by atoms with Crippen LogP contribution in [0.2, 0.25) is 0 Å². The highest BCUT2D eigenvalue weighted by Gasteiger charge is 2.44. The molecule has 1 atom stereocenters. The van der Waals surface area contributed by atoms with Crippen molar-refractivity contribution in [2.45, 2.75) is 31.4 Å². The van der Waals surface area contributed by atoms with E-state index in [1.165, 1.54) is 13.2 Å². The second-order valence-electron chi connectivity index (χ2n) is 6.49. The third-order valence-corrected chi connectivity index (χ3v) is 4.48. The number of hydrogen-bond acceptors (Lipinski definition) is 7. The number of esters is 1. The molecule has 0 aliphatic carbocycles. The summed E-state index contributed by atoms with van der Waals surface area (Å²) in [6.07, 6.45) is -3.85. The van der Waals surface area contributed by atoms with Crippen molar-refractivity contribution >= 4 is 23.2 Å². The maximum absolute atomic E-state index is 13.9. The van der Waals surface area contributed by atoms with Crippen LogP contribution in [-0.4, -0.2) is 57.2 Å². The summed E-state index contributed by atoms with van der Waals surface area (Å²) < 4.78 is 56.3. The smallest absolute Gasteiger partial charge is 0.420 e. The molecule has 1 aromatic rings. The molecule has 2 rings (SSSR count). The fraction of sp³-hybridized carbons (Fsp3) is 0.500. The van der Waals surface area contributed by atoms with Crippen LogP contribution in [0.3, 0.4) is 0 Å². The lowest BCUT2D eigenvalue weighted by molar-refractivity contribution is -0.146. The van der Waals surface area contributed by atoms with Crippen LogP contribution < -0.4 is 4.74 Å². The largest absolute Gasteiger partial charge is 0.491 e. The summed E-state index contributed by atoms with van der Waals surface area (Å²) in [7, 11) is 2.31. The van der Waals surface area contributed by atoms with E-state index in [1.807, 2.05) is 0 Å². The molecule has 0 bridgehead atoms. The van der Waals surface area contributed by atoms with Crippen LogP contribution >= 0.6 is 0 Å². The zero-order chi connectivity index (χ0) is 22.3. The van der Waals surface area contributed by atoms with Crippen LogP contribution in [0.25, 0.3) is 0 Å². The van der Waals surface area contributed by atoms with E-state index in [1.54, 1.807) is 0 Å². The van der Waals surface area contributed by atoms with E-state index >= 15 is 0 Å². The first-order chi connectivity index (χ1) is 14.2. The Hall–Kier alpha value is -2.75. The molecular formula is C20H22F3NO6. The number of aliphatic imine (C=N–C) groups is 1. The number of ether oxygens (including phenoxy) is 3. The Kier molecular flexibility index (Phi) is 8.10. The molecule has 0 aromatic heterocycles. The van der Waals surface area contributed by atoms with Gasteiger partial charge in [-0.05, 0) is 24.5 Å². The molecule has 30 heavy (non-hydrogen) atoms. The fourth-order valence-corrected chi connectivity index (χ4v) is 3.09. The Morgan fingerprint density at radius 3 is 2.53 bits per heavy atom. The molecule has 7 nitrogen and oxygen atoms in total. The molecule has 0 saturated carbocycles. The molecule has 0 saturated heterocycles. The maximum atomic E-state index is 13.9. The van der Waals surface area contributed by atoms with E-state index in [2.05, 4.69) is 9.73 Å². The van der Waals surface area contributed by atoms with Crippen LogP contribution in [0.5, 0.6) is 5.75 Å². The molecule has 1 heterocycles. The van der Waals surface area contributed by atoms with Crippen molar-refractivity contribution in [3.05, 3.63) is 29.3 Å². The molecule has 0 radical (unpaired) electrons. The van der Waals surface area contributed by atoms with Crippen molar-refractivity contribution in [3.8, 4) is 5.75 Å². The molecule has 1 aliphatic heterocycles. The zero-order valence-electron chi connectivity index (χ0n) is 16.6. The molecular weight excluding hydrogens is 407 g/mol. The standard InChI is InChI=1S/C20H22F3NO6/c1-28-10-11-30-14-8-5-6-12(16(14)20(21,22)23)15(19(27)29-2)18(26)17-13(25)7-3-4-9-24-17/h5-6,8,15H,3-4,7,9-11H2,1-2H3. The van der Waals surface area contributed by atoms with Crippen LogP contribution in [-0.2, 0) is 30.0 Å². The van der Waals surface area contributed by atoms with Gasteiger partial charge in [-0.3, -0.25) is 19.4 Å². The van der Waals surface area contributed by atoms with Crippen LogP contribution in [0.1, 0.15) is 36.3 Å². The summed E-state index contributed by atoms with van der Waals surface area (Å²) in [5.74, 6) is -5.51. The second-order valence-corrected chi connectivity index (χ2v) is 6.49. The number of carbonyl (C=O) groups is 3. The topological polar surface area (TPSA) is 91.3 Å². The van der Waals surface area contributed by atoms with Crippen molar-refractivity contribution in [2.24, 2.45) is 4.99 Å². The molecule has 0 N–H and O–H groups in total. The number of nitrogens with zero attached hydrogens (tertiary/aromatic N) is 1. The molecule has 0 amide bonds. The van der Waals surface area contributed by atoms with Crippen LogP contribution in [0.4, 0.5) is 13.2 Å². The Morgan fingerprint density at radius 2 is 1.90 bits per heavy atom. The average molecular weight is 429 g/mol. The highest BCUT2D eigenvalue weighted by molar-refractivity contribution is 6.68. The number of ketones is 2. The number of rotatable bonds is 8. The summed E-state index contributed by atoms with van der Waals surface area (Å²) in [5, 5.41) is 0. The van der Waals surface area contributed by atoms with Crippen molar-refractivity contribution in [2.75, 3.05) is 34.0 Å². The second kappa shape index (κ2) is 10.3. The first-order valence-corrected chi connectivity index (χ1v) is 9.23. The van der Waals surface area contributed by atoms with Gasteiger partial charge in [0.05, 0.1) is 13.7 Å². The van der Waals surface area contributed by atoms with Gasteiger partial charge in [0.2, 0.25) is 5.78 Å². The van der Waals surface area contributed by atoms with Gasteiger partial charge >= 0.3 is 12.1 Å². The average Bonchev–Trinajstić information content (AvgIpc) is 2.91. The summed E-state index contributed by atoms with van der Waals surface area (Å²) in [5.41, 5.74) is -2.46. The van der Waals surface area contributed by atoms with Crippen molar-refractivity contribution in [1.82, 2.24) is 0 Å². The van der Waals surface area contributed by atoms with Gasteiger partial charge in [0.1, 0.15) is 29.5 Å². The lowest BCUT2D eigenvalue weighted by Crippen LogP contribution is -2.35. The van der Waals surface area contributed by atoms with E-state index in [0.717, 1.165) is 19.2 Å². The molecule has 1 aromatic carbocycles. The van der Waals surface area contributed by atoms with E-state index in [4.69, 9.17) is 9.47 Å². The maximum Gasteiger partial charge on any atom is 0.420 e. The monoisotopic (exact) mass is 429 g/mol. The third kappa shape index (κ3) is 5.44. The number of carbonyl (C=O) groups excluding carboxylic acids is 3. The van der Waals surface area contributed by atoms with Crippen molar-refractivity contribution in [1.29, 1.82) is 0 Å². The summed E-state index contributed by atoms with van der Waals surface area (Å²) >= 11 is 0. The van der Waals surface area contributed by atoms with Crippen molar-refractivity contribution < 1.29 is 41.8 Å². The van der Waals surface area contributed by atoms with Gasteiger partial charge in [-0.1, -0.05) is 12.1 Å². The van der Waals surface area contributed by atoms with Gasteiger partial charge in [-0.15, -0.1) is 0 Å². The number of hydrogen-bond donors (Lipinski definition) is 0. The highest BCUT2D eigenvalue weighted by Crippen LogP contribution is 2.42. The Balaban J connectivity index is 2.60. The quantitative estimate of drug-likeness (QED) is 0.359. The fourth-order valence-electron chi connectivity index (χ4n) is 3.09. The van der Waals surface area contributed by atoms with Gasteiger partial charge in [0.25, 0.3) is 0 Å². The lowest BCUT2D eigenvalue weighted by atomic mass is 9.86. The van der Waals surface area contributed by atoms with E-state index in [-0.39, 0.29) is 26.2 Å². The Labute approximate surface area is 171 Å². The predicted molar refractivity (Wildman–Crippen MR) is 99.7 cm³/mol. The molecule has 10 heteroatoms. The van der Waals surface area contributed by atoms with Gasteiger partial charge in [0.15, 0.2) is 5.78 Å². The van der Waals surface area contributed by atoms with Crippen molar-refractivity contribution in [3.63, 3.8) is 0 Å². The summed E-state index contributed by atoms with van der Waals surface area (Å²) in [6.45, 7) is 0.0320. The minimum atomic E-state index is -4.94. The predicted octanol–water partition coefficient (Wildman–Crippen LogP) is 2.75. The lowest BCUT2D eigenvalue weighted by Gasteiger charge is -2.22. The SMILES string of the molecule is COCCOc1cccc(C(C(=O)OC)C(=O)C2=NCCCCC2=O)c1C(F)(F)F. The molecule has 1 aliphatic rings. The number of Topliss-reactive ketones (excluding diaryl/α,β-unsaturated/α-hetero) is 2. The van der Waals surface area contributed by atoms with E-state index in [0.29, 0.717) is 12.8 Å². The van der Waals surface area contributed by atoms with E-state index < -0.39 is 52.2 Å².